The second-order valence-electron chi connectivity index (χ2n) is 36.0. The van der Waals surface area contributed by atoms with E-state index in [0.717, 1.165) is 182 Å². The van der Waals surface area contributed by atoms with Crippen molar-refractivity contribution in [2.45, 2.75) is 117 Å². The quantitative estimate of drug-likeness (QED) is 0.0140. The number of hydrogen-bond donors (Lipinski definition) is 7. The second-order valence-corrected chi connectivity index (χ2v) is 38.2. The summed E-state index contributed by atoms with van der Waals surface area (Å²) in [7, 11) is 6.13. The number of pyridine rings is 3. The Hall–Kier alpha value is -13.9. The number of aryl methyl sites for hydroxylation is 7. The maximum atomic E-state index is 13.7. The van der Waals surface area contributed by atoms with E-state index in [1.165, 1.54) is 30.6 Å². The number of aliphatic hydroxyl groups is 1. The first kappa shape index (κ1) is 105. The molecule has 0 radical (unpaired) electrons. The summed E-state index contributed by atoms with van der Waals surface area (Å²) in [5.41, 5.74) is 22.4. The second kappa shape index (κ2) is 49.6. The van der Waals surface area contributed by atoms with Crippen molar-refractivity contribution in [1.82, 2.24) is 108 Å². The maximum absolute atomic E-state index is 13.7. The van der Waals surface area contributed by atoms with Gasteiger partial charge in [-0.15, -0.1) is 15.3 Å². The Labute approximate surface area is 850 Å². The van der Waals surface area contributed by atoms with E-state index < -0.39 is 10.0 Å². The average molecular weight is 2010 g/mol. The molecule has 0 saturated carbocycles. The molecule has 0 bridgehead atoms. The molecule has 13 aromatic rings. The van der Waals surface area contributed by atoms with Gasteiger partial charge < -0.3 is 61.1 Å². The first-order chi connectivity index (χ1) is 70.2. The minimum Gasteiger partial charge on any atom is -0.478 e. The van der Waals surface area contributed by atoms with Gasteiger partial charge in [0.2, 0.25) is 35.6 Å². The van der Waals surface area contributed by atoms with Crippen molar-refractivity contribution >= 4 is 108 Å². The highest BCUT2D eigenvalue weighted by molar-refractivity contribution is 7.90. The van der Waals surface area contributed by atoms with Gasteiger partial charge in [-0.05, 0) is 129 Å². The molecule has 3 aromatic carbocycles. The van der Waals surface area contributed by atoms with Crippen LogP contribution in [-0.2, 0) is 81.1 Å². The zero-order valence-electron chi connectivity index (χ0n) is 84.4. The number of aromatic nitrogens is 16. The molecule has 10 aromatic heterocycles. The van der Waals surface area contributed by atoms with Gasteiger partial charge in [0, 0.05) is 196 Å². The molecule has 3 aliphatic heterocycles. The number of nitrogens with one attached hydrogen (secondary N) is 5. The molecule has 3 amide bonds. The topological polar surface area (TPSA) is 432 Å². The van der Waals surface area contributed by atoms with Crippen LogP contribution in [0, 0.1) is 27.7 Å². The van der Waals surface area contributed by atoms with E-state index in [2.05, 4.69) is 145 Å². The van der Waals surface area contributed by atoms with Crippen LogP contribution in [0.5, 0.6) is 17.6 Å². The number of rotatable bonds is 37. The largest absolute Gasteiger partial charge is 0.478 e. The van der Waals surface area contributed by atoms with Crippen molar-refractivity contribution in [2.24, 2.45) is 26.9 Å². The normalized spacial score (nSPS) is 15.2. The van der Waals surface area contributed by atoms with Crippen molar-refractivity contribution in [3.63, 3.8) is 0 Å². The van der Waals surface area contributed by atoms with Gasteiger partial charge in [0.25, 0.3) is 27.7 Å². The number of nitrogens with two attached hydrogens (primary N) is 1. The third-order valence-corrected chi connectivity index (χ3v) is 28.1. The molecule has 3 saturated heterocycles. The molecule has 764 valence electrons. The van der Waals surface area contributed by atoms with E-state index in [0.29, 0.717) is 126 Å². The zero-order valence-corrected chi connectivity index (χ0v) is 86.0. The predicted octanol–water partition coefficient (Wildman–Crippen LogP) is 11.8. The lowest BCUT2D eigenvalue weighted by molar-refractivity contribution is -0.124. The third-order valence-electron chi connectivity index (χ3n) is 26.2. The van der Waals surface area contributed by atoms with Crippen molar-refractivity contribution in [1.29, 1.82) is 0 Å². The molecule has 3 atom stereocenters. The van der Waals surface area contributed by atoms with Crippen LogP contribution >= 0.6 is 11.6 Å². The fraction of sp³-hybridized carbons (Fsp3) is 0.394. The molecule has 3 unspecified atom stereocenters. The minimum atomic E-state index is -3.96. The molecule has 41 heteroatoms. The van der Waals surface area contributed by atoms with Crippen molar-refractivity contribution in [3.8, 4) is 28.9 Å². The number of halogens is 1. The van der Waals surface area contributed by atoms with Crippen LogP contribution in [0.1, 0.15) is 107 Å². The van der Waals surface area contributed by atoms with Crippen LogP contribution in [0.25, 0.3) is 33.3 Å². The van der Waals surface area contributed by atoms with E-state index in [-0.39, 0.29) is 58.0 Å². The average Bonchev–Trinajstić information content (AvgIpc) is 1.58. The fourth-order valence-electron chi connectivity index (χ4n) is 18.5. The van der Waals surface area contributed by atoms with Crippen LogP contribution in [-0.4, -0.2) is 296 Å². The number of methoxy groups -OCH3 is 3. The molecular formula is C104H129ClN28O11S. The number of ether oxygens (including phenoxy) is 5. The molecule has 0 spiro atoms. The molecule has 13 heterocycles. The van der Waals surface area contributed by atoms with E-state index >= 15 is 0 Å². The van der Waals surface area contributed by atoms with Crippen LogP contribution in [0.3, 0.4) is 0 Å². The zero-order chi connectivity index (χ0) is 102. The molecule has 5 aliphatic rings. The predicted molar refractivity (Wildman–Crippen MR) is 559 cm³/mol. The number of allylic oxidation sites excluding steroid dienone is 2. The first-order valence-electron chi connectivity index (χ1n) is 48.8. The SMILES string of the molecule is CCC(C(=O)Nc1nccc2c1CC=C2c1nc(Nc2cn(C)nc2OC)ncc1C)N1CCN(CCO)CC1.CCC(C(=O)Nc1nccc2c1CC=C2c1nc(Nc2cn(C)nc2OC)ncc1C)N1CCN(CCOCc2ccccc2)CC1.CCC(C(N)=O)N1CCN(CCOCc2ccccc2)CC1.COc1nn(C)cc1Nc1ncc(C)c(-c2cn(S(=O)(=O)c3ccc(C)cc3)c3c(Cl)nccc23)n1. The van der Waals surface area contributed by atoms with Gasteiger partial charge in [0.15, 0.2) is 5.15 Å². The van der Waals surface area contributed by atoms with Gasteiger partial charge in [-0.2, -0.15) is 0 Å². The smallest absolute Gasteiger partial charge is 0.268 e. The summed E-state index contributed by atoms with van der Waals surface area (Å²) in [6.45, 7) is 29.8. The summed E-state index contributed by atoms with van der Waals surface area (Å²) in [4.78, 5) is 93.3. The van der Waals surface area contributed by atoms with E-state index in [1.54, 1.807) is 103 Å². The number of nitrogens with zero attached hydrogens (tertiary/aromatic N) is 22. The number of carbonyl (C=O) groups excluding carboxylic acids is 3. The number of benzene rings is 3. The summed E-state index contributed by atoms with van der Waals surface area (Å²) >= 11 is 6.43. The Balaban J connectivity index is 0.000000149. The molecule has 145 heavy (non-hydrogen) atoms. The summed E-state index contributed by atoms with van der Waals surface area (Å²) in [5, 5.41) is 38.5. The van der Waals surface area contributed by atoms with Gasteiger partial charge >= 0.3 is 0 Å². The standard InChI is InChI=1S/C35H43N9O3.C28H37N9O3.C24H22ClN7O3S.C17H27N3O2/c1-5-30(44-17-15-43(16-18-44)19-20-47-23-25-9-7-6-8-10-25)33(45)40-32-28-12-11-27(26(28)13-14-36-32)31-24(2)21-37-35(39-31)38-29-22-42(3)41-34(29)46-4;1-5-23(37-12-10-36(11-13-37)14-15-38)26(39)33-25-21-7-6-20(19(21)8-9-29-25)24-18(2)16-30-28(32-24)31-22-17-35(3)34-27(22)40-4;1-14-5-7-16(8-6-14)36(33,34)32-12-18(17-9-10-26-22(25)21(17)32)20-15(2)11-27-24(29-20)28-19-13-31(3)30-23(19)35-4;1-2-16(17(18)21)20-10-8-19(9-11-20)12-13-22-14-15-6-4-3-5-7-15/h6-11,13-14,21-22,30H,5,12,15-20,23H2,1-4H3,(H,36,40,45)(H,37,38,39);6,8-9,16-17,23,38H,5,7,10-15H2,1-4H3,(H,29,33,39)(H,30,31,32);5-13H,1-4H3,(H,27,28,29);3-7,16H,2,8-14H2,1H3,(H2,18,21). The lowest BCUT2D eigenvalue weighted by atomic mass is 10.0. The van der Waals surface area contributed by atoms with Crippen molar-refractivity contribution in [3.05, 3.63) is 249 Å². The van der Waals surface area contributed by atoms with Crippen LogP contribution < -0.4 is 46.5 Å². The highest BCUT2D eigenvalue weighted by atomic mass is 35.5. The van der Waals surface area contributed by atoms with Gasteiger partial charge in [-0.25, -0.2) is 57.2 Å². The van der Waals surface area contributed by atoms with Gasteiger partial charge in [-0.3, -0.25) is 57.8 Å². The lowest BCUT2D eigenvalue weighted by Gasteiger charge is -2.38. The third kappa shape index (κ3) is 26.1. The Bertz CT molecular complexity index is 6800. The lowest BCUT2D eigenvalue weighted by Crippen LogP contribution is -2.54. The van der Waals surface area contributed by atoms with Crippen molar-refractivity contribution < 1.29 is 51.6 Å². The van der Waals surface area contributed by atoms with Crippen LogP contribution in [0.4, 0.5) is 46.5 Å². The van der Waals surface area contributed by atoms with E-state index in [9.17, 15) is 27.9 Å². The van der Waals surface area contributed by atoms with Gasteiger partial charge in [0.1, 0.15) is 34.2 Å². The highest BCUT2D eigenvalue weighted by Crippen LogP contribution is 2.42. The van der Waals surface area contributed by atoms with Crippen LogP contribution in [0.15, 0.2) is 182 Å². The number of piperazine rings is 3. The number of primary amides is 1. The number of fused-ring (bicyclic) bond motifs is 3. The summed E-state index contributed by atoms with van der Waals surface area (Å²) in [5.74, 6) is 3.43. The summed E-state index contributed by atoms with van der Waals surface area (Å²) in [6, 6.07) is 32.2. The molecule has 18 rings (SSSR count). The molecule has 2 aliphatic carbocycles. The molecule has 3 fully saturated rings. The van der Waals surface area contributed by atoms with Gasteiger partial charge in [-0.1, -0.05) is 123 Å². The number of aliphatic hydroxyl groups excluding tert-OH is 1. The number of β-amino-alcohol motifs (C(OH)–C–C–N with tert-alkyl or cyclic N) is 1. The molecule has 8 N–H and O–H groups in total. The first-order valence-corrected chi connectivity index (χ1v) is 50.6. The minimum absolute atomic E-state index is 0.0170. The van der Waals surface area contributed by atoms with Crippen molar-refractivity contribution in [2.75, 3.05) is 166 Å². The Kier molecular flexibility index (Phi) is 36.0. The number of anilines is 8. The fourth-order valence-corrected chi connectivity index (χ4v) is 20.2. The number of carbonyl (C=O) groups is 3. The maximum Gasteiger partial charge on any atom is 0.268 e. The highest BCUT2D eigenvalue weighted by Gasteiger charge is 2.35. The Morgan fingerprint density at radius 3 is 1.25 bits per heavy atom. The Morgan fingerprint density at radius 1 is 0.469 bits per heavy atom. The number of hydrogen-bond acceptors (Lipinski definition) is 32. The molecular weight excluding hydrogens is 1880 g/mol. The molecule has 39 nitrogen and oxygen atoms in total. The van der Waals surface area contributed by atoms with Gasteiger partial charge in [0.05, 0.1) is 113 Å². The van der Waals surface area contributed by atoms with Crippen LogP contribution in [0.2, 0.25) is 5.15 Å². The number of amides is 3. The summed E-state index contributed by atoms with van der Waals surface area (Å²) in [6.07, 6.45) is 25.0. The monoisotopic (exact) mass is 2010 g/mol. The Morgan fingerprint density at radius 2 is 0.855 bits per heavy atom. The van der Waals surface area contributed by atoms with E-state index in [1.807, 2.05) is 117 Å². The van der Waals surface area contributed by atoms with E-state index in [4.69, 9.17) is 56.0 Å². The summed E-state index contributed by atoms with van der Waals surface area (Å²) < 4.78 is 61.0.